The number of alkyl halides is 1. The van der Waals surface area contributed by atoms with Gasteiger partial charge in [-0.05, 0) is 38.1 Å². The Balaban J connectivity index is 2.45. The van der Waals surface area contributed by atoms with Crippen molar-refractivity contribution in [2.45, 2.75) is 45.6 Å². The predicted molar refractivity (Wildman–Crippen MR) is 68.5 cm³/mol. The molecule has 90 valence electrons. The average Bonchev–Trinajstić information content (AvgIpc) is 2.28. The van der Waals surface area contributed by atoms with Crippen molar-refractivity contribution in [3.8, 4) is 0 Å². The van der Waals surface area contributed by atoms with Gasteiger partial charge in [-0.1, -0.05) is 29.8 Å². The van der Waals surface area contributed by atoms with Gasteiger partial charge in [0.05, 0.1) is 5.60 Å². The van der Waals surface area contributed by atoms with E-state index in [1.807, 2.05) is 6.92 Å². The van der Waals surface area contributed by atoms with Crippen LogP contribution >= 0.6 is 15.9 Å². The highest BCUT2D eigenvalue weighted by Gasteiger charge is 2.27. The van der Waals surface area contributed by atoms with Crippen LogP contribution in [-0.2, 0) is 0 Å². The number of likely N-dealkylation sites (tertiary alicyclic amines) is 1. The summed E-state index contributed by atoms with van der Waals surface area (Å²) in [6, 6.07) is 0. The van der Waals surface area contributed by atoms with Gasteiger partial charge in [0.15, 0.2) is 0 Å². The average molecular weight is 278 g/mol. The molecule has 1 rings (SSSR count). The van der Waals surface area contributed by atoms with Crippen LogP contribution in [-0.4, -0.2) is 40.6 Å². The van der Waals surface area contributed by atoms with E-state index in [4.69, 9.17) is 0 Å². The molecule has 1 N–H and O–H groups in total. The molecule has 1 saturated heterocycles. The molecule has 15 heavy (non-hydrogen) atoms. The van der Waals surface area contributed by atoms with Crippen molar-refractivity contribution in [1.29, 1.82) is 0 Å². The topological polar surface area (TPSA) is 23.5 Å². The summed E-state index contributed by atoms with van der Waals surface area (Å²) < 4.78 is 0. The number of nitrogens with zero attached hydrogens (tertiary/aromatic N) is 1. The van der Waals surface area contributed by atoms with Gasteiger partial charge in [0.25, 0.3) is 0 Å². The summed E-state index contributed by atoms with van der Waals surface area (Å²) in [7, 11) is 0. The molecule has 1 unspecified atom stereocenters. The monoisotopic (exact) mass is 277 g/mol. The SMILES string of the molecule is CC(C)(CBr)CN1CCCC(C)(O)CC1. The van der Waals surface area contributed by atoms with E-state index in [0.29, 0.717) is 5.41 Å². The zero-order valence-corrected chi connectivity index (χ0v) is 11.8. The maximum Gasteiger partial charge on any atom is 0.0632 e. The Morgan fingerprint density at radius 2 is 2.00 bits per heavy atom. The van der Waals surface area contributed by atoms with Gasteiger partial charge in [-0.15, -0.1) is 0 Å². The molecule has 1 fully saturated rings. The van der Waals surface area contributed by atoms with E-state index < -0.39 is 5.60 Å². The van der Waals surface area contributed by atoms with Crippen molar-refractivity contribution in [2.24, 2.45) is 5.41 Å². The zero-order chi connectivity index (χ0) is 11.5. The molecule has 0 aromatic heterocycles. The minimum Gasteiger partial charge on any atom is -0.390 e. The molecule has 0 aromatic rings. The van der Waals surface area contributed by atoms with Crippen LogP contribution in [0.15, 0.2) is 0 Å². The Bertz CT molecular complexity index is 204. The lowest BCUT2D eigenvalue weighted by Crippen LogP contribution is -2.36. The van der Waals surface area contributed by atoms with Crippen LogP contribution in [0, 0.1) is 5.41 Å². The third-order valence-electron chi connectivity index (χ3n) is 3.17. The van der Waals surface area contributed by atoms with Gasteiger partial charge in [-0.3, -0.25) is 0 Å². The smallest absolute Gasteiger partial charge is 0.0632 e. The molecule has 0 radical (unpaired) electrons. The molecule has 0 bridgehead atoms. The van der Waals surface area contributed by atoms with E-state index in [1.54, 1.807) is 0 Å². The summed E-state index contributed by atoms with van der Waals surface area (Å²) in [6.07, 6.45) is 2.97. The Labute approximate surface area is 102 Å². The van der Waals surface area contributed by atoms with E-state index in [9.17, 15) is 5.11 Å². The van der Waals surface area contributed by atoms with Gasteiger partial charge in [-0.25, -0.2) is 0 Å². The minimum atomic E-state index is -0.437. The highest BCUT2D eigenvalue weighted by Crippen LogP contribution is 2.25. The predicted octanol–water partition coefficient (Wildman–Crippen LogP) is 2.64. The Kier molecular flexibility index (Phi) is 4.63. The molecule has 1 heterocycles. The number of hydrogen-bond acceptors (Lipinski definition) is 2. The van der Waals surface area contributed by atoms with Crippen LogP contribution in [0.4, 0.5) is 0 Å². The second kappa shape index (κ2) is 5.15. The Morgan fingerprint density at radius 3 is 2.60 bits per heavy atom. The molecular formula is C12H24BrNO. The van der Waals surface area contributed by atoms with Crippen molar-refractivity contribution in [2.75, 3.05) is 25.0 Å². The molecule has 0 saturated carbocycles. The molecule has 2 nitrogen and oxygen atoms in total. The van der Waals surface area contributed by atoms with E-state index in [0.717, 1.165) is 44.2 Å². The number of hydrogen-bond donors (Lipinski definition) is 1. The van der Waals surface area contributed by atoms with Crippen LogP contribution in [0.25, 0.3) is 0 Å². The summed E-state index contributed by atoms with van der Waals surface area (Å²) in [5, 5.41) is 11.0. The van der Waals surface area contributed by atoms with Crippen molar-refractivity contribution in [1.82, 2.24) is 4.90 Å². The lowest BCUT2D eigenvalue weighted by molar-refractivity contribution is 0.0436. The van der Waals surface area contributed by atoms with Crippen LogP contribution in [0.1, 0.15) is 40.0 Å². The first-order valence-electron chi connectivity index (χ1n) is 5.85. The van der Waals surface area contributed by atoms with Crippen LogP contribution in [0.5, 0.6) is 0 Å². The molecule has 1 atom stereocenters. The van der Waals surface area contributed by atoms with Crippen molar-refractivity contribution in [3.63, 3.8) is 0 Å². The molecule has 1 aliphatic heterocycles. The first-order chi connectivity index (χ1) is 6.85. The molecule has 3 heteroatoms. The summed E-state index contributed by atoms with van der Waals surface area (Å²) >= 11 is 3.56. The molecular weight excluding hydrogens is 254 g/mol. The summed E-state index contributed by atoms with van der Waals surface area (Å²) in [4.78, 5) is 2.49. The van der Waals surface area contributed by atoms with Gasteiger partial charge in [-0.2, -0.15) is 0 Å². The van der Waals surface area contributed by atoms with Gasteiger partial charge in [0.1, 0.15) is 0 Å². The van der Waals surface area contributed by atoms with Gasteiger partial charge < -0.3 is 10.0 Å². The van der Waals surface area contributed by atoms with Gasteiger partial charge in [0, 0.05) is 18.4 Å². The van der Waals surface area contributed by atoms with Gasteiger partial charge >= 0.3 is 0 Å². The van der Waals surface area contributed by atoms with Crippen molar-refractivity contribution >= 4 is 15.9 Å². The molecule has 0 aliphatic carbocycles. The first kappa shape index (κ1) is 13.5. The first-order valence-corrected chi connectivity index (χ1v) is 6.98. The Morgan fingerprint density at radius 1 is 1.33 bits per heavy atom. The lowest BCUT2D eigenvalue weighted by Gasteiger charge is -2.30. The number of halogens is 1. The minimum absolute atomic E-state index is 0.330. The third kappa shape index (κ3) is 4.83. The second-order valence-electron chi connectivity index (χ2n) is 5.92. The maximum atomic E-state index is 9.99. The second-order valence-corrected chi connectivity index (χ2v) is 6.49. The highest BCUT2D eigenvalue weighted by atomic mass is 79.9. The van der Waals surface area contributed by atoms with E-state index in [-0.39, 0.29) is 0 Å². The summed E-state index contributed by atoms with van der Waals surface area (Å²) in [5.74, 6) is 0. The van der Waals surface area contributed by atoms with E-state index in [2.05, 4.69) is 34.7 Å². The maximum absolute atomic E-state index is 9.99. The lowest BCUT2D eigenvalue weighted by atomic mass is 9.95. The fraction of sp³-hybridized carbons (Fsp3) is 1.00. The fourth-order valence-corrected chi connectivity index (χ4v) is 2.30. The molecule has 0 aromatic carbocycles. The van der Waals surface area contributed by atoms with Crippen LogP contribution < -0.4 is 0 Å². The van der Waals surface area contributed by atoms with Crippen LogP contribution in [0.2, 0.25) is 0 Å². The van der Waals surface area contributed by atoms with E-state index in [1.165, 1.54) is 0 Å². The summed E-state index contributed by atoms with van der Waals surface area (Å²) in [6.45, 7) is 9.81. The van der Waals surface area contributed by atoms with Gasteiger partial charge in [0.2, 0.25) is 0 Å². The van der Waals surface area contributed by atoms with Crippen molar-refractivity contribution in [3.05, 3.63) is 0 Å². The third-order valence-corrected chi connectivity index (χ3v) is 4.69. The number of aliphatic hydroxyl groups is 1. The zero-order valence-electron chi connectivity index (χ0n) is 10.2. The van der Waals surface area contributed by atoms with E-state index >= 15 is 0 Å². The molecule has 1 aliphatic rings. The van der Waals surface area contributed by atoms with Crippen LogP contribution in [0.3, 0.4) is 0 Å². The normalized spacial score (nSPS) is 30.2. The molecule has 0 amide bonds. The fourth-order valence-electron chi connectivity index (χ4n) is 2.12. The standard InChI is InChI=1S/C12H24BrNO/c1-11(2,9-13)10-14-7-4-5-12(3,15)6-8-14/h15H,4-10H2,1-3H3. The molecule has 0 spiro atoms. The van der Waals surface area contributed by atoms with Crippen molar-refractivity contribution < 1.29 is 5.11 Å². The largest absolute Gasteiger partial charge is 0.390 e. The highest BCUT2D eigenvalue weighted by molar-refractivity contribution is 9.09. The quantitative estimate of drug-likeness (QED) is 0.802. The Hall–Kier alpha value is 0.400. The number of rotatable bonds is 3. The summed E-state index contributed by atoms with van der Waals surface area (Å²) in [5.41, 5.74) is -0.108.